The number of carbonyl (C=O) groups excluding carboxylic acids is 2. The van der Waals surface area contributed by atoms with Gasteiger partial charge in [0, 0.05) is 25.7 Å². The second kappa shape index (κ2) is 4.23. The summed E-state index contributed by atoms with van der Waals surface area (Å²) in [7, 11) is 0. The Morgan fingerprint density at radius 3 is 2.62 bits per heavy atom. The summed E-state index contributed by atoms with van der Waals surface area (Å²) < 4.78 is 0. The molecule has 74 valence electrons. The molecule has 1 aliphatic heterocycles. The molecule has 0 aliphatic carbocycles. The first-order valence-electron chi connectivity index (χ1n) is 4.43. The average molecular weight is 185 g/mol. The van der Waals surface area contributed by atoms with Crippen molar-refractivity contribution in [2.24, 2.45) is 5.73 Å². The van der Waals surface area contributed by atoms with Crippen LogP contribution in [-0.4, -0.2) is 42.4 Å². The Hall–Kier alpha value is -1.10. The summed E-state index contributed by atoms with van der Waals surface area (Å²) in [5.74, 6) is -1.61. The molecule has 2 amide bonds. The summed E-state index contributed by atoms with van der Waals surface area (Å²) >= 11 is 0. The zero-order valence-corrected chi connectivity index (χ0v) is 7.75. The highest BCUT2D eigenvalue weighted by molar-refractivity contribution is 6.34. The van der Waals surface area contributed by atoms with Crippen LogP contribution in [0.2, 0.25) is 0 Å². The molecule has 0 aromatic rings. The Kier molecular flexibility index (Phi) is 3.25. The number of nitrogens with two attached hydrogens (primary N) is 1. The lowest BCUT2D eigenvalue weighted by Crippen LogP contribution is -2.37. The molecule has 1 fully saturated rings. The van der Waals surface area contributed by atoms with Crippen molar-refractivity contribution in [3.05, 3.63) is 0 Å². The Balaban J connectivity index is 2.05. The molecule has 5 nitrogen and oxygen atoms in total. The van der Waals surface area contributed by atoms with Crippen LogP contribution >= 0.6 is 0 Å². The molecule has 13 heavy (non-hydrogen) atoms. The van der Waals surface area contributed by atoms with E-state index in [2.05, 4.69) is 17.1 Å². The van der Waals surface area contributed by atoms with Crippen molar-refractivity contribution >= 4 is 11.8 Å². The molecule has 1 unspecified atom stereocenters. The highest BCUT2D eigenvalue weighted by Crippen LogP contribution is 2.11. The summed E-state index contributed by atoms with van der Waals surface area (Å²) in [6.45, 7) is 4.90. The van der Waals surface area contributed by atoms with Crippen LogP contribution in [-0.2, 0) is 9.59 Å². The quantitative estimate of drug-likeness (QED) is 0.421. The fourth-order valence-electron chi connectivity index (χ4n) is 1.16. The van der Waals surface area contributed by atoms with E-state index in [1.54, 1.807) is 0 Å². The van der Waals surface area contributed by atoms with Gasteiger partial charge in [-0.15, -0.1) is 0 Å². The zero-order valence-electron chi connectivity index (χ0n) is 7.75. The number of amides is 2. The third kappa shape index (κ3) is 3.42. The molecule has 1 heterocycles. The molecule has 0 aromatic carbocycles. The van der Waals surface area contributed by atoms with E-state index in [9.17, 15) is 9.59 Å². The van der Waals surface area contributed by atoms with Gasteiger partial charge in [0.15, 0.2) is 0 Å². The zero-order chi connectivity index (χ0) is 9.84. The third-order valence-corrected chi connectivity index (χ3v) is 2.18. The van der Waals surface area contributed by atoms with E-state index in [1.165, 1.54) is 0 Å². The van der Waals surface area contributed by atoms with Gasteiger partial charge in [-0.1, -0.05) is 0 Å². The predicted molar refractivity (Wildman–Crippen MR) is 47.9 cm³/mol. The topological polar surface area (TPSA) is 75.2 Å². The third-order valence-electron chi connectivity index (χ3n) is 2.18. The molecule has 0 bridgehead atoms. The molecule has 1 aliphatic rings. The lowest BCUT2D eigenvalue weighted by molar-refractivity contribution is -0.137. The van der Waals surface area contributed by atoms with Crippen LogP contribution in [0.5, 0.6) is 0 Å². The Bertz CT molecular complexity index is 213. The number of nitrogens with one attached hydrogen (secondary N) is 1. The minimum atomic E-state index is -0.917. The number of carbonyl (C=O) groups is 2. The minimum absolute atomic E-state index is 0.480. The first-order chi connectivity index (χ1) is 6.11. The van der Waals surface area contributed by atoms with E-state index in [4.69, 9.17) is 5.73 Å². The average Bonchev–Trinajstić information content (AvgIpc) is 2.85. The molecule has 0 spiro atoms. The van der Waals surface area contributed by atoms with Crippen LogP contribution in [0.3, 0.4) is 0 Å². The smallest absolute Gasteiger partial charge is 0.309 e. The van der Waals surface area contributed by atoms with Crippen LogP contribution in [0.25, 0.3) is 0 Å². The van der Waals surface area contributed by atoms with Crippen molar-refractivity contribution in [1.82, 2.24) is 10.2 Å². The fraction of sp³-hybridized carbons (Fsp3) is 0.750. The highest BCUT2D eigenvalue weighted by Gasteiger charge is 2.23. The molecule has 3 N–H and O–H groups in total. The summed E-state index contributed by atoms with van der Waals surface area (Å²) in [4.78, 5) is 23.3. The van der Waals surface area contributed by atoms with E-state index in [0.717, 1.165) is 19.5 Å². The van der Waals surface area contributed by atoms with Gasteiger partial charge in [0.25, 0.3) is 0 Å². The van der Waals surface area contributed by atoms with Crippen LogP contribution in [0, 0.1) is 0 Å². The second-order valence-electron chi connectivity index (χ2n) is 3.29. The summed E-state index contributed by atoms with van der Waals surface area (Å²) in [5, 5.41) is 2.46. The van der Waals surface area contributed by atoms with Gasteiger partial charge in [-0.25, -0.2) is 0 Å². The SMILES string of the molecule is CC(CCNC(=O)C(N)=O)N1CC1. The molecule has 0 saturated carbocycles. The van der Waals surface area contributed by atoms with E-state index in [0.29, 0.717) is 12.6 Å². The first-order valence-corrected chi connectivity index (χ1v) is 4.43. The van der Waals surface area contributed by atoms with Crippen molar-refractivity contribution in [2.45, 2.75) is 19.4 Å². The molecule has 0 aromatic heterocycles. The van der Waals surface area contributed by atoms with Crippen LogP contribution in [0.15, 0.2) is 0 Å². The maximum absolute atomic E-state index is 10.7. The van der Waals surface area contributed by atoms with Crippen LogP contribution < -0.4 is 11.1 Å². The van der Waals surface area contributed by atoms with Gasteiger partial charge in [0.1, 0.15) is 0 Å². The lowest BCUT2D eigenvalue weighted by Gasteiger charge is -2.11. The van der Waals surface area contributed by atoms with Gasteiger partial charge in [-0.2, -0.15) is 0 Å². The molecule has 1 rings (SSSR count). The van der Waals surface area contributed by atoms with Gasteiger partial charge >= 0.3 is 11.8 Å². The lowest BCUT2D eigenvalue weighted by atomic mass is 10.2. The number of primary amides is 1. The minimum Gasteiger partial charge on any atom is -0.361 e. The van der Waals surface area contributed by atoms with E-state index in [1.807, 2.05) is 0 Å². The maximum Gasteiger partial charge on any atom is 0.309 e. The largest absolute Gasteiger partial charge is 0.361 e. The van der Waals surface area contributed by atoms with Gasteiger partial charge in [0.05, 0.1) is 0 Å². The Morgan fingerprint density at radius 2 is 2.15 bits per heavy atom. The normalized spacial score (nSPS) is 17.9. The molecule has 1 saturated heterocycles. The van der Waals surface area contributed by atoms with Crippen molar-refractivity contribution in [2.75, 3.05) is 19.6 Å². The molecule has 5 heteroatoms. The Labute approximate surface area is 77.3 Å². The number of hydrogen-bond acceptors (Lipinski definition) is 3. The second-order valence-corrected chi connectivity index (χ2v) is 3.29. The van der Waals surface area contributed by atoms with Crippen molar-refractivity contribution in [1.29, 1.82) is 0 Å². The summed E-state index contributed by atoms with van der Waals surface area (Å²) in [6.07, 6.45) is 0.860. The fourth-order valence-corrected chi connectivity index (χ4v) is 1.16. The summed E-state index contributed by atoms with van der Waals surface area (Å²) in [5.41, 5.74) is 4.76. The number of rotatable bonds is 4. The molecular formula is C8H15N3O2. The van der Waals surface area contributed by atoms with Crippen molar-refractivity contribution in [3.8, 4) is 0 Å². The van der Waals surface area contributed by atoms with Gasteiger partial charge in [0.2, 0.25) is 0 Å². The molecular weight excluding hydrogens is 170 g/mol. The van der Waals surface area contributed by atoms with E-state index in [-0.39, 0.29) is 0 Å². The predicted octanol–water partition coefficient (Wildman–Crippen LogP) is -1.32. The summed E-state index contributed by atoms with van der Waals surface area (Å²) in [6, 6.07) is 0.480. The molecule has 0 radical (unpaired) electrons. The van der Waals surface area contributed by atoms with Crippen molar-refractivity contribution < 1.29 is 9.59 Å². The highest BCUT2D eigenvalue weighted by atomic mass is 16.2. The number of nitrogens with zero attached hydrogens (tertiary/aromatic N) is 1. The monoisotopic (exact) mass is 185 g/mol. The van der Waals surface area contributed by atoms with Gasteiger partial charge in [-0.05, 0) is 13.3 Å². The van der Waals surface area contributed by atoms with Crippen molar-refractivity contribution in [3.63, 3.8) is 0 Å². The maximum atomic E-state index is 10.7. The van der Waals surface area contributed by atoms with E-state index >= 15 is 0 Å². The van der Waals surface area contributed by atoms with E-state index < -0.39 is 11.8 Å². The standard InChI is InChI=1S/C8H15N3O2/c1-6(11-4-5-11)2-3-10-8(13)7(9)12/h6H,2-5H2,1H3,(H2,9,12)(H,10,13). The van der Waals surface area contributed by atoms with Gasteiger partial charge in [-0.3, -0.25) is 14.5 Å². The molecule has 1 atom stereocenters. The Morgan fingerprint density at radius 1 is 1.54 bits per heavy atom. The van der Waals surface area contributed by atoms with Gasteiger partial charge < -0.3 is 11.1 Å². The van der Waals surface area contributed by atoms with Crippen LogP contribution in [0.1, 0.15) is 13.3 Å². The number of hydrogen-bond donors (Lipinski definition) is 2. The van der Waals surface area contributed by atoms with Crippen LogP contribution in [0.4, 0.5) is 0 Å². The first kappa shape index (κ1) is 9.98.